The number of ether oxygens (including phenoxy) is 1. The van der Waals surface area contributed by atoms with Crippen LogP contribution in [0.5, 0.6) is 5.75 Å². The number of hydrogen-bond donors (Lipinski definition) is 1. The summed E-state index contributed by atoms with van der Waals surface area (Å²) >= 11 is 4.90. The number of para-hydroxylation sites is 1. The molecule has 0 saturated heterocycles. The summed E-state index contributed by atoms with van der Waals surface area (Å²) in [4.78, 5) is 1.09. The molecule has 1 N–H and O–H groups in total. The lowest BCUT2D eigenvalue weighted by atomic mass is 10.0. The van der Waals surface area contributed by atoms with E-state index in [1.807, 2.05) is 24.3 Å². The van der Waals surface area contributed by atoms with E-state index in [0.717, 1.165) is 16.2 Å². The number of halogens is 2. The van der Waals surface area contributed by atoms with Crippen LogP contribution in [0.2, 0.25) is 0 Å². The molecule has 0 saturated carbocycles. The van der Waals surface area contributed by atoms with Gasteiger partial charge in [0.15, 0.2) is 0 Å². The summed E-state index contributed by atoms with van der Waals surface area (Å²) in [6.45, 7) is 0. The van der Waals surface area contributed by atoms with Gasteiger partial charge in [0.1, 0.15) is 17.7 Å². The molecule has 3 rings (SSSR count). The lowest BCUT2D eigenvalue weighted by molar-refractivity contribution is 0.0467. The van der Waals surface area contributed by atoms with Crippen LogP contribution in [0, 0.1) is 5.82 Å². The highest BCUT2D eigenvalue weighted by Gasteiger charge is 2.27. The average Bonchev–Trinajstić information content (AvgIpc) is 2.51. The minimum absolute atomic E-state index is 0.292. The Bertz CT molecular complexity index is 650. The van der Waals surface area contributed by atoms with Gasteiger partial charge in [-0.3, -0.25) is 0 Å². The van der Waals surface area contributed by atoms with Crippen LogP contribution in [-0.2, 0) is 6.42 Å². The molecule has 0 aliphatic carbocycles. The molecule has 110 valence electrons. The van der Waals surface area contributed by atoms with Gasteiger partial charge in [-0.2, -0.15) is 0 Å². The molecule has 5 heteroatoms. The van der Waals surface area contributed by atoms with Crippen molar-refractivity contribution < 1.29 is 14.2 Å². The van der Waals surface area contributed by atoms with Gasteiger partial charge in [0, 0.05) is 17.1 Å². The highest BCUT2D eigenvalue weighted by molar-refractivity contribution is 9.10. The highest BCUT2D eigenvalue weighted by Crippen LogP contribution is 2.36. The molecule has 0 bridgehead atoms. The number of hydrogen-bond acceptors (Lipinski definition) is 3. The molecule has 0 radical (unpaired) electrons. The first kappa shape index (κ1) is 14.9. The van der Waals surface area contributed by atoms with Gasteiger partial charge >= 0.3 is 0 Å². The van der Waals surface area contributed by atoms with E-state index in [-0.39, 0.29) is 11.9 Å². The number of thioether (sulfide) groups is 1. The predicted octanol–water partition coefficient (Wildman–Crippen LogP) is 4.04. The van der Waals surface area contributed by atoms with Crippen molar-refractivity contribution >= 4 is 27.7 Å². The van der Waals surface area contributed by atoms with E-state index < -0.39 is 6.10 Å². The van der Waals surface area contributed by atoms with E-state index in [1.54, 1.807) is 23.9 Å². The molecule has 0 fully saturated rings. The fourth-order valence-corrected chi connectivity index (χ4v) is 3.78. The van der Waals surface area contributed by atoms with E-state index in [2.05, 4.69) is 15.9 Å². The molecule has 21 heavy (non-hydrogen) atoms. The van der Waals surface area contributed by atoms with Crippen LogP contribution in [0.25, 0.3) is 0 Å². The molecule has 1 aliphatic rings. The summed E-state index contributed by atoms with van der Waals surface area (Å²) in [7, 11) is 0. The van der Waals surface area contributed by atoms with Gasteiger partial charge < -0.3 is 9.84 Å². The fraction of sp³-hybridized carbons (Fsp3) is 0.250. The zero-order valence-corrected chi connectivity index (χ0v) is 13.5. The molecule has 2 aromatic rings. The Morgan fingerprint density at radius 2 is 2.10 bits per heavy atom. The van der Waals surface area contributed by atoms with Crippen LogP contribution >= 0.6 is 27.7 Å². The largest absolute Gasteiger partial charge is 0.486 e. The molecular weight excluding hydrogens is 355 g/mol. The first-order chi connectivity index (χ1) is 10.1. The first-order valence-corrected chi connectivity index (χ1v) is 8.42. The number of benzene rings is 2. The lowest BCUT2D eigenvalue weighted by Gasteiger charge is -2.29. The second-order valence-electron chi connectivity index (χ2n) is 4.90. The maximum absolute atomic E-state index is 13.5. The zero-order chi connectivity index (χ0) is 14.8. The van der Waals surface area contributed by atoms with Crippen LogP contribution in [0.1, 0.15) is 5.56 Å². The molecule has 2 atom stereocenters. The summed E-state index contributed by atoms with van der Waals surface area (Å²) in [6, 6.07) is 12.6. The third kappa shape index (κ3) is 3.25. The zero-order valence-electron chi connectivity index (χ0n) is 11.1. The van der Waals surface area contributed by atoms with Gasteiger partial charge in [-0.25, -0.2) is 4.39 Å². The molecule has 0 spiro atoms. The molecule has 2 aromatic carbocycles. The Morgan fingerprint density at radius 3 is 2.95 bits per heavy atom. The topological polar surface area (TPSA) is 29.5 Å². The number of rotatable bonds is 3. The van der Waals surface area contributed by atoms with Gasteiger partial charge in [0.25, 0.3) is 0 Å². The minimum atomic E-state index is -0.677. The lowest BCUT2D eigenvalue weighted by Crippen LogP contribution is -2.37. The summed E-state index contributed by atoms with van der Waals surface area (Å²) < 4.78 is 19.8. The van der Waals surface area contributed by atoms with E-state index in [4.69, 9.17) is 4.74 Å². The van der Waals surface area contributed by atoms with Crippen LogP contribution in [0.15, 0.2) is 51.8 Å². The van der Waals surface area contributed by atoms with E-state index in [9.17, 15) is 9.50 Å². The Balaban J connectivity index is 1.72. The van der Waals surface area contributed by atoms with Gasteiger partial charge in [0.2, 0.25) is 0 Å². The van der Waals surface area contributed by atoms with Crippen LogP contribution in [0.3, 0.4) is 0 Å². The molecule has 2 unspecified atom stereocenters. The Kier molecular flexibility index (Phi) is 4.52. The van der Waals surface area contributed by atoms with Crippen LogP contribution < -0.4 is 4.74 Å². The molecule has 1 aliphatic heterocycles. The number of aliphatic hydroxyl groups excluding tert-OH is 1. The molecule has 2 nitrogen and oxygen atoms in total. The van der Waals surface area contributed by atoms with Gasteiger partial charge in [-0.05, 0) is 39.7 Å². The van der Waals surface area contributed by atoms with Crippen LogP contribution in [0.4, 0.5) is 4.39 Å². The van der Waals surface area contributed by atoms with Crippen molar-refractivity contribution in [1.29, 1.82) is 0 Å². The van der Waals surface area contributed by atoms with Crippen LogP contribution in [-0.4, -0.2) is 23.1 Å². The SMILES string of the molecule is OC(Cc1cccc(F)c1Br)C1CSc2ccccc2O1. The highest BCUT2D eigenvalue weighted by atomic mass is 79.9. The monoisotopic (exact) mass is 368 g/mol. The first-order valence-electron chi connectivity index (χ1n) is 6.64. The van der Waals surface area contributed by atoms with Crippen molar-refractivity contribution in [3.05, 3.63) is 58.3 Å². The van der Waals surface area contributed by atoms with Crippen molar-refractivity contribution in [2.75, 3.05) is 5.75 Å². The second-order valence-corrected chi connectivity index (χ2v) is 6.75. The molecular formula is C16H14BrFO2S. The summed E-state index contributed by atoms with van der Waals surface area (Å²) in [5.41, 5.74) is 0.745. The van der Waals surface area contributed by atoms with Gasteiger partial charge in [0.05, 0.1) is 10.6 Å². The summed E-state index contributed by atoms with van der Waals surface area (Å²) in [5.74, 6) is 1.17. The second kappa shape index (κ2) is 6.38. The van der Waals surface area contributed by atoms with Crippen molar-refractivity contribution in [2.45, 2.75) is 23.5 Å². The van der Waals surface area contributed by atoms with Crippen molar-refractivity contribution in [3.8, 4) is 5.75 Å². The number of fused-ring (bicyclic) bond motifs is 1. The van der Waals surface area contributed by atoms with E-state index in [1.165, 1.54) is 6.07 Å². The quantitative estimate of drug-likeness (QED) is 0.886. The third-order valence-corrected chi connectivity index (χ3v) is 5.45. The third-order valence-electron chi connectivity index (χ3n) is 3.42. The van der Waals surface area contributed by atoms with Crippen molar-refractivity contribution in [2.24, 2.45) is 0 Å². The Morgan fingerprint density at radius 1 is 1.29 bits per heavy atom. The number of aliphatic hydroxyl groups is 1. The van der Waals surface area contributed by atoms with Crippen molar-refractivity contribution in [3.63, 3.8) is 0 Å². The molecule has 1 heterocycles. The normalized spacial score (nSPS) is 18.7. The standard InChI is InChI=1S/C16H14BrFO2S/c17-16-10(4-3-5-11(16)18)8-12(19)14-9-21-15-7-2-1-6-13(15)20-14/h1-7,12,14,19H,8-9H2. The summed E-state index contributed by atoms with van der Waals surface area (Å²) in [6.07, 6.45) is -0.616. The maximum Gasteiger partial charge on any atom is 0.137 e. The van der Waals surface area contributed by atoms with Gasteiger partial charge in [-0.15, -0.1) is 11.8 Å². The predicted molar refractivity (Wildman–Crippen MR) is 85.4 cm³/mol. The Labute approximate surface area is 135 Å². The van der Waals surface area contributed by atoms with Gasteiger partial charge in [-0.1, -0.05) is 24.3 Å². The Hall–Kier alpha value is -1.04. The average molecular weight is 369 g/mol. The fourth-order valence-electron chi connectivity index (χ4n) is 2.29. The molecule has 0 aromatic heterocycles. The minimum Gasteiger partial charge on any atom is -0.486 e. The smallest absolute Gasteiger partial charge is 0.137 e. The van der Waals surface area contributed by atoms with Crippen molar-refractivity contribution in [1.82, 2.24) is 0 Å². The summed E-state index contributed by atoms with van der Waals surface area (Å²) in [5, 5.41) is 10.4. The van der Waals surface area contributed by atoms with E-state index >= 15 is 0 Å². The van der Waals surface area contributed by atoms with E-state index in [0.29, 0.717) is 16.6 Å². The maximum atomic E-state index is 13.5. The molecule has 0 amide bonds.